The summed E-state index contributed by atoms with van der Waals surface area (Å²) in [5, 5.41) is 0. The van der Waals surface area contributed by atoms with Crippen LogP contribution in [-0.4, -0.2) is 0 Å². The van der Waals surface area contributed by atoms with E-state index in [9.17, 15) is 0 Å². The van der Waals surface area contributed by atoms with Crippen molar-refractivity contribution in [1.29, 1.82) is 0 Å². The Kier molecular flexibility index (Phi) is 2.27. The highest BCUT2D eigenvalue weighted by Crippen LogP contribution is 2.26. The van der Waals surface area contributed by atoms with Gasteiger partial charge in [-0.2, -0.15) is 0 Å². The molecule has 0 aliphatic heterocycles. The van der Waals surface area contributed by atoms with Gasteiger partial charge in [0.25, 0.3) is 0 Å². The Hall–Kier alpha value is -1.18. The highest BCUT2D eigenvalue weighted by molar-refractivity contribution is 5.67. The normalized spacial score (nSPS) is 10.2. The largest absolute Gasteiger partial charge is 0.398 e. The van der Waals surface area contributed by atoms with E-state index in [2.05, 4.69) is 6.92 Å². The minimum atomic E-state index is 0.801. The molecular formula is C10H16N2. The van der Waals surface area contributed by atoms with Crippen molar-refractivity contribution < 1.29 is 0 Å². The summed E-state index contributed by atoms with van der Waals surface area (Å²) in [6, 6.07) is 2.01. The Bertz CT molecular complexity index is 303. The molecule has 66 valence electrons. The van der Waals surface area contributed by atoms with E-state index in [-0.39, 0.29) is 0 Å². The number of nitrogens with two attached hydrogens (primary N) is 2. The first-order valence-electron chi connectivity index (χ1n) is 4.22. The van der Waals surface area contributed by atoms with Crippen LogP contribution in [0.4, 0.5) is 11.4 Å². The van der Waals surface area contributed by atoms with E-state index in [1.54, 1.807) is 0 Å². The molecule has 0 unspecified atom stereocenters. The SMILES string of the molecule is CCc1cc(N)c(C)c(N)c1C. The zero-order valence-corrected chi connectivity index (χ0v) is 7.94. The molecule has 12 heavy (non-hydrogen) atoms. The van der Waals surface area contributed by atoms with E-state index >= 15 is 0 Å². The molecular weight excluding hydrogens is 148 g/mol. The van der Waals surface area contributed by atoms with Gasteiger partial charge in [-0.1, -0.05) is 6.92 Å². The van der Waals surface area contributed by atoms with Crippen molar-refractivity contribution >= 4 is 11.4 Å². The van der Waals surface area contributed by atoms with Gasteiger partial charge in [-0.05, 0) is 43.0 Å². The molecule has 2 heteroatoms. The molecule has 0 atom stereocenters. The van der Waals surface area contributed by atoms with Crippen molar-refractivity contribution in [3.05, 3.63) is 22.8 Å². The average Bonchev–Trinajstić information content (AvgIpc) is 2.08. The van der Waals surface area contributed by atoms with Gasteiger partial charge < -0.3 is 11.5 Å². The molecule has 1 aromatic rings. The maximum absolute atomic E-state index is 5.88. The Morgan fingerprint density at radius 3 is 2.25 bits per heavy atom. The lowest BCUT2D eigenvalue weighted by molar-refractivity contribution is 1.11. The van der Waals surface area contributed by atoms with E-state index < -0.39 is 0 Å². The van der Waals surface area contributed by atoms with Crippen LogP contribution in [0.2, 0.25) is 0 Å². The highest BCUT2D eigenvalue weighted by atomic mass is 14.6. The van der Waals surface area contributed by atoms with E-state index in [0.717, 1.165) is 23.4 Å². The van der Waals surface area contributed by atoms with Gasteiger partial charge in [-0.15, -0.1) is 0 Å². The van der Waals surface area contributed by atoms with E-state index in [4.69, 9.17) is 11.5 Å². The molecule has 0 radical (unpaired) electrons. The zero-order chi connectivity index (χ0) is 9.30. The van der Waals surface area contributed by atoms with Crippen LogP contribution in [0, 0.1) is 13.8 Å². The second-order valence-electron chi connectivity index (χ2n) is 3.14. The minimum absolute atomic E-state index is 0.801. The summed E-state index contributed by atoms with van der Waals surface area (Å²) >= 11 is 0. The number of benzene rings is 1. The smallest absolute Gasteiger partial charge is 0.0396 e. The van der Waals surface area contributed by atoms with Crippen LogP contribution in [0.25, 0.3) is 0 Å². The number of nitrogen functional groups attached to an aromatic ring is 2. The first kappa shape index (κ1) is 8.91. The van der Waals surface area contributed by atoms with Crippen LogP contribution in [0.1, 0.15) is 23.6 Å². The van der Waals surface area contributed by atoms with Gasteiger partial charge in [0.2, 0.25) is 0 Å². The fourth-order valence-corrected chi connectivity index (χ4v) is 1.38. The molecule has 0 heterocycles. The molecule has 0 bridgehead atoms. The van der Waals surface area contributed by atoms with Crippen molar-refractivity contribution in [3.8, 4) is 0 Å². The first-order chi connectivity index (χ1) is 5.57. The summed E-state index contributed by atoms with van der Waals surface area (Å²) in [5.74, 6) is 0. The lowest BCUT2D eigenvalue weighted by atomic mass is 9.99. The predicted octanol–water partition coefficient (Wildman–Crippen LogP) is 2.03. The quantitative estimate of drug-likeness (QED) is 0.624. The number of hydrogen-bond acceptors (Lipinski definition) is 2. The summed E-state index contributed by atoms with van der Waals surface area (Å²) in [7, 11) is 0. The fraction of sp³-hybridized carbons (Fsp3) is 0.400. The molecule has 0 fully saturated rings. The van der Waals surface area contributed by atoms with Crippen LogP contribution < -0.4 is 11.5 Å². The molecule has 0 aliphatic carbocycles. The number of anilines is 2. The molecule has 2 nitrogen and oxygen atoms in total. The van der Waals surface area contributed by atoms with E-state index in [1.165, 1.54) is 11.1 Å². The first-order valence-corrected chi connectivity index (χ1v) is 4.22. The predicted molar refractivity (Wildman–Crippen MR) is 54.1 cm³/mol. The minimum Gasteiger partial charge on any atom is -0.398 e. The Morgan fingerprint density at radius 2 is 1.75 bits per heavy atom. The molecule has 0 aliphatic rings. The molecule has 4 N–H and O–H groups in total. The third-order valence-corrected chi connectivity index (χ3v) is 2.43. The number of aryl methyl sites for hydroxylation is 1. The summed E-state index contributed by atoms with van der Waals surface area (Å²) < 4.78 is 0. The fourth-order valence-electron chi connectivity index (χ4n) is 1.38. The third-order valence-electron chi connectivity index (χ3n) is 2.43. The summed E-state index contributed by atoms with van der Waals surface area (Å²) in [6.07, 6.45) is 0.987. The lowest BCUT2D eigenvalue weighted by Crippen LogP contribution is -2.02. The maximum Gasteiger partial charge on any atom is 0.0396 e. The van der Waals surface area contributed by atoms with Crippen molar-refractivity contribution in [1.82, 2.24) is 0 Å². The Labute approximate surface area is 73.6 Å². The third kappa shape index (κ3) is 1.24. The van der Waals surface area contributed by atoms with Crippen LogP contribution >= 0.6 is 0 Å². The number of hydrogen-bond donors (Lipinski definition) is 2. The van der Waals surface area contributed by atoms with Crippen molar-refractivity contribution in [2.45, 2.75) is 27.2 Å². The molecule has 1 aromatic carbocycles. The van der Waals surface area contributed by atoms with Crippen LogP contribution in [0.5, 0.6) is 0 Å². The molecule has 0 saturated heterocycles. The van der Waals surface area contributed by atoms with Crippen molar-refractivity contribution in [2.75, 3.05) is 11.5 Å². The van der Waals surface area contributed by atoms with Gasteiger partial charge in [-0.25, -0.2) is 0 Å². The van der Waals surface area contributed by atoms with E-state index in [0.29, 0.717) is 0 Å². The molecule has 1 rings (SSSR count). The van der Waals surface area contributed by atoms with Crippen molar-refractivity contribution in [3.63, 3.8) is 0 Å². The van der Waals surface area contributed by atoms with Crippen LogP contribution in [0.15, 0.2) is 6.07 Å². The van der Waals surface area contributed by atoms with Gasteiger partial charge in [0, 0.05) is 11.4 Å². The summed E-state index contributed by atoms with van der Waals surface area (Å²) in [5.41, 5.74) is 16.7. The van der Waals surface area contributed by atoms with Gasteiger partial charge in [0.15, 0.2) is 0 Å². The van der Waals surface area contributed by atoms with Gasteiger partial charge in [0.05, 0.1) is 0 Å². The topological polar surface area (TPSA) is 52.0 Å². The molecule has 0 amide bonds. The van der Waals surface area contributed by atoms with Gasteiger partial charge in [-0.3, -0.25) is 0 Å². The second kappa shape index (κ2) is 3.05. The van der Waals surface area contributed by atoms with Gasteiger partial charge >= 0.3 is 0 Å². The summed E-state index contributed by atoms with van der Waals surface area (Å²) in [6.45, 7) is 6.11. The molecule has 0 spiro atoms. The molecule has 0 saturated carbocycles. The van der Waals surface area contributed by atoms with Gasteiger partial charge in [0.1, 0.15) is 0 Å². The lowest BCUT2D eigenvalue weighted by Gasteiger charge is -2.11. The maximum atomic E-state index is 5.88. The second-order valence-corrected chi connectivity index (χ2v) is 3.14. The number of rotatable bonds is 1. The highest BCUT2D eigenvalue weighted by Gasteiger charge is 2.05. The Balaban J connectivity index is 3.39. The monoisotopic (exact) mass is 164 g/mol. The standard InChI is InChI=1S/C10H16N2/c1-4-8-5-9(11)7(3)10(12)6(8)2/h5H,4,11-12H2,1-3H3. The van der Waals surface area contributed by atoms with E-state index in [1.807, 2.05) is 19.9 Å². The Morgan fingerprint density at radius 1 is 1.17 bits per heavy atom. The molecule has 0 aromatic heterocycles. The zero-order valence-electron chi connectivity index (χ0n) is 7.94. The average molecular weight is 164 g/mol. The van der Waals surface area contributed by atoms with Crippen molar-refractivity contribution in [2.24, 2.45) is 0 Å². The summed E-state index contributed by atoms with van der Waals surface area (Å²) in [4.78, 5) is 0. The van der Waals surface area contributed by atoms with Crippen LogP contribution in [-0.2, 0) is 6.42 Å². The van der Waals surface area contributed by atoms with Crippen LogP contribution in [0.3, 0.4) is 0 Å².